The van der Waals surface area contributed by atoms with Crippen molar-refractivity contribution in [3.63, 3.8) is 0 Å². The fraction of sp³-hybridized carbons (Fsp3) is 0.238. The summed E-state index contributed by atoms with van der Waals surface area (Å²) in [6, 6.07) is 7.02. The van der Waals surface area contributed by atoms with Gasteiger partial charge in [0.1, 0.15) is 5.82 Å². The van der Waals surface area contributed by atoms with Gasteiger partial charge in [-0.25, -0.2) is 19.7 Å². The number of aromatic nitrogens is 5. The Labute approximate surface area is 187 Å². The van der Waals surface area contributed by atoms with Crippen LogP contribution >= 0.6 is 11.3 Å². The number of anilines is 1. The van der Waals surface area contributed by atoms with E-state index in [1.165, 1.54) is 22.3 Å². The zero-order chi connectivity index (χ0) is 22.8. The second kappa shape index (κ2) is 8.71. The molecule has 0 fully saturated rings. The van der Waals surface area contributed by atoms with Crippen molar-refractivity contribution in [3.05, 3.63) is 58.2 Å². The van der Waals surface area contributed by atoms with Gasteiger partial charge in [-0.2, -0.15) is 9.78 Å². The third kappa shape index (κ3) is 4.57. The van der Waals surface area contributed by atoms with Crippen molar-refractivity contribution in [2.45, 2.75) is 27.7 Å². The van der Waals surface area contributed by atoms with Gasteiger partial charge in [0.2, 0.25) is 0 Å². The molecule has 4 aromatic heterocycles. The molecule has 1 N–H and O–H groups in total. The molecule has 10 nitrogen and oxygen atoms in total. The van der Waals surface area contributed by atoms with E-state index in [4.69, 9.17) is 9.15 Å². The molecule has 0 unspecified atom stereocenters. The van der Waals surface area contributed by atoms with Crippen LogP contribution in [0.1, 0.15) is 32.4 Å². The third-order valence-corrected chi connectivity index (χ3v) is 5.30. The van der Waals surface area contributed by atoms with E-state index >= 15 is 0 Å². The number of nitrogens with one attached hydrogen (secondary N) is 1. The molecular weight excluding hydrogens is 432 g/mol. The van der Waals surface area contributed by atoms with E-state index in [0.29, 0.717) is 33.1 Å². The van der Waals surface area contributed by atoms with E-state index in [1.807, 2.05) is 19.9 Å². The number of amides is 1. The van der Waals surface area contributed by atoms with Gasteiger partial charge in [0.05, 0.1) is 12.0 Å². The summed E-state index contributed by atoms with van der Waals surface area (Å²) < 4.78 is 11.9. The minimum absolute atomic E-state index is 0.152. The maximum atomic E-state index is 12.4. The maximum absolute atomic E-state index is 12.4. The number of thiazole rings is 1. The number of furan rings is 1. The zero-order valence-corrected chi connectivity index (χ0v) is 18.7. The van der Waals surface area contributed by atoms with Crippen LogP contribution in [0, 0.1) is 27.7 Å². The summed E-state index contributed by atoms with van der Waals surface area (Å²) in [4.78, 5) is 38.6. The van der Waals surface area contributed by atoms with Crippen LogP contribution in [0.5, 0.6) is 0 Å². The van der Waals surface area contributed by atoms with Gasteiger partial charge >= 0.3 is 5.97 Å². The molecule has 32 heavy (non-hydrogen) atoms. The lowest BCUT2D eigenvalue weighted by Gasteiger charge is -2.09. The first kappa shape index (κ1) is 21.4. The van der Waals surface area contributed by atoms with Gasteiger partial charge in [0, 0.05) is 22.3 Å². The smallest absolute Gasteiger partial charge is 0.358 e. The van der Waals surface area contributed by atoms with Crippen LogP contribution in [0.2, 0.25) is 0 Å². The van der Waals surface area contributed by atoms with Gasteiger partial charge in [-0.3, -0.25) is 4.79 Å². The number of hydrogen-bond acceptors (Lipinski definition) is 9. The summed E-state index contributed by atoms with van der Waals surface area (Å²) in [5, 5.41) is 7.61. The molecule has 0 aliphatic rings. The standard InChI is InChI=1S/C21H20N6O4S/c1-11-8-12(2)23-21(22-11)27-16(9-13(3)26-27)24-17(28)10-31-20(29)18-14(4)32-19(25-18)15-6-5-7-30-15/h5-9H,10H2,1-4H3,(H,24,28). The number of hydrogen-bond donors (Lipinski definition) is 1. The second-order valence-electron chi connectivity index (χ2n) is 7.06. The molecule has 0 aliphatic heterocycles. The molecule has 4 rings (SSSR count). The van der Waals surface area contributed by atoms with Crippen LogP contribution in [-0.2, 0) is 9.53 Å². The highest BCUT2D eigenvalue weighted by Gasteiger charge is 2.20. The Balaban J connectivity index is 1.43. The van der Waals surface area contributed by atoms with Crippen LogP contribution in [0.25, 0.3) is 16.7 Å². The monoisotopic (exact) mass is 452 g/mol. The number of carbonyl (C=O) groups excluding carboxylic acids is 2. The SMILES string of the molecule is Cc1cc(C)nc(-n2nc(C)cc2NC(=O)COC(=O)c2nc(-c3ccco3)sc2C)n1. The Bertz CT molecular complexity index is 1270. The summed E-state index contributed by atoms with van der Waals surface area (Å²) in [5.41, 5.74) is 2.38. The zero-order valence-electron chi connectivity index (χ0n) is 17.9. The summed E-state index contributed by atoms with van der Waals surface area (Å²) in [6.45, 7) is 6.76. The van der Waals surface area contributed by atoms with Crippen molar-refractivity contribution < 1.29 is 18.7 Å². The van der Waals surface area contributed by atoms with Crippen LogP contribution in [0.4, 0.5) is 5.82 Å². The van der Waals surface area contributed by atoms with Crippen LogP contribution in [-0.4, -0.2) is 43.2 Å². The van der Waals surface area contributed by atoms with Crippen LogP contribution < -0.4 is 5.32 Å². The maximum Gasteiger partial charge on any atom is 0.358 e. The second-order valence-corrected chi connectivity index (χ2v) is 8.26. The fourth-order valence-electron chi connectivity index (χ4n) is 3.01. The van der Waals surface area contributed by atoms with Gasteiger partial charge in [-0.05, 0) is 45.9 Å². The molecule has 0 saturated carbocycles. The molecule has 11 heteroatoms. The molecule has 0 aliphatic carbocycles. The fourth-order valence-corrected chi connectivity index (χ4v) is 3.88. The van der Waals surface area contributed by atoms with Crippen LogP contribution in [0.3, 0.4) is 0 Å². The summed E-state index contributed by atoms with van der Waals surface area (Å²) in [6.07, 6.45) is 1.53. The van der Waals surface area contributed by atoms with Crippen LogP contribution in [0.15, 0.2) is 34.9 Å². The molecule has 0 saturated heterocycles. The summed E-state index contributed by atoms with van der Waals surface area (Å²) >= 11 is 1.31. The van der Waals surface area contributed by atoms with Crippen molar-refractivity contribution in [1.29, 1.82) is 0 Å². The lowest BCUT2D eigenvalue weighted by Crippen LogP contribution is -2.23. The first-order chi connectivity index (χ1) is 15.3. The minimum atomic E-state index is -0.686. The Morgan fingerprint density at radius 3 is 2.53 bits per heavy atom. The highest BCUT2D eigenvalue weighted by molar-refractivity contribution is 7.15. The number of esters is 1. The van der Waals surface area contributed by atoms with Crippen molar-refractivity contribution in [2.75, 3.05) is 11.9 Å². The van der Waals surface area contributed by atoms with Gasteiger partial charge in [0.25, 0.3) is 11.9 Å². The minimum Gasteiger partial charge on any atom is -0.462 e. The number of rotatable bonds is 6. The Morgan fingerprint density at radius 2 is 1.84 bits per heavy atom. The number of carbonyl (C=O) groups is 2. The average molecular weight is 452 g/mol. The molecule has 4 aromatic rings. The number of nitrogens with zero attached hydrogens (tertiary/aromatic N) is 5. The molecule has 0 radical (unpaired) electrons. The number of aryl methyl sites for hydroxylation is 4. The quantitative estimate of drug-likeness (QED) is 0.441. The first-order valence-corrected chi connectivity index (χ1v) is 10.5. The first-order valence-electron chi connectivity index (χ1n) is 9.68. The molecule has 164 valence electrons. The number of ether oxygens (including phenoxy) is 1. The average Bonchev–Trinajstić information content (AvgIpc) is 3.45. The largest absolute Gasteiger partial charge is 0.462 e. The molecule has 0 aromatic carbocycles. The van der Waals surface area contributed by atoms with E-state index < -0.39 is 18.5 Å². The third-order valence-electron chi connectivity index (χ3n) is 4.32. The Hall–Kier alpha value is -3.86. The summed E-state index contributed by atoms with van der Waals surface area (Å²) in [7, 11) is 0. The molecule has 1 amide bonds. The van der Waals surface area contributed by atoms with Gasteiger partial charge < -0.3 is 14.5 Å². The van der Waals surface area contributed by atoms with Gasteiger partial charge in [-0.15, -0.1) is 11.3 Å². The van der Waals surface area contributed by atoms with Crippen molar-refractivity contribution in [1.82, 2.24) is 24.7 Å². The van der Waals surface area contributed by atoms with E-state index in [1.54, 1.807) is 32.0 Å². The molecular formula is C21H20N6O4S. The van der Waals surface area contributed by atoms with E-state index in [2.05, 4.69) is 25.4 Å². The molecule has 4 heterocycles. The van der Waals surface area contributed by atoms with E-state index in [-0.39, 0.29) is 5.69 Å². The Morgan fingerprint density at radius 1 is 1.09 bits per heavy atom. The topological polar surface area (TPSA) is 125 Å². The normalized spacial score (nSPS) is 10.9. The lowest BCUT2D eigenvalue weighted by molar-refractivity contribution is -0.119. The Kier molecular flexibility index (Phi) is 5.82. The lowest BCUT2D eigenvalue weighted by atomic mass is 10.4. The van der Waals surface area contributed by atoms with Crippen molar-refractivity contribution in [2.24, 2.45) is 0 Å². The highest BCUT2D eigenvalue weighted by Crippen LogP contribution is 2.28. The molecule has 0 spiro atoms. The summed E-state index contributed by atoms with van der Waals surface area (Å²) in [5.74, 6) is 0.0640. The molecule has 0 atom stereocenters. The van der Waals surface area contributed by atoms with Gasteiger partial charge in [-0.1, -0.05) is 0 Å². The highest BCUT2D eigenvalue weighted by atomic mass is 32.1. The van der Waals surface area contributed by atoms with Crippen molar-refractivity contribution in [3.8, 4) is 16.7 Å². The van der Waals surface area contributed by atoms with Gasteiger partial charge in [0.15, 0.2) is 23.1 Å². The predicted octanol–water partition coefficient (Wildman–Crippen LogP) is 3.41. The molecule has 0 bridgehead atoms. The van der Waals surface area contributed by atoms with E-state index in [0.717, 1.165) is 11.4 Å². The van der Waals surface area contributed by atoms with Crippen molar-refractivity contribution >= 4 is 29.0 Å². The predicted molar refractivity (Wildman–Crippen MR) is 117 cm³/mol. The van der Waals surface area contributed by atoms with E-state index in [9.17, 15) is 9.59 Å².